The summed E-state index contributed by atoms with van der Waals surface area (Å²) in [5, 5.41) is 18.9. The molecule has 2 N–H and O–H groups in total. The van der Waals surface area contributed by atoms with Crippen LogP contribution in [0.25, 0.3) is 0 Å². The zero-order chi connectivity index (χ0) is 20.0. The molecule has 0 bridgehead atoms. The fourth-order valence-corrected chi connectivity index (χ4v) is 2.41. The average Bonchev–Trinajstić information content (AvgIpc) is 2.49. The Bertz CT molecular complexity index is 465. The number of unbranched alkanes of at least 4 members (excludes halogenated alkanes) is 2. The molecule has 26 heavy (non-hydrogen) atoms. The van der Waals surface area contributed by atoms with Crippen LogP contribution in [0.5, 0.6) is 0 Å². The summed E-state index contributed by atoms with van der Waals surface area (Å²) >= 11 is 0. The minimum atomic E-state index is -0.992. The van der Waals surface area contributed by atoms with Crippen LogP contribution in [0.15, 0.2) is 24.3 Å². The van der Waals surface area contributed by atoms with Crippen LogP contribution in [-0.2, 0) is 14.3 Å². The molecular formula is C20H36NO5+. The van der Waals surface area contributed by atoms with Gasteiger partial charge in [0.25, 0.3) is 0 Å². The summed E-state index contributed by atoms with van der Waals surface area (Å²) in [4.78, 5) is 22.9. The van der Waals surface area contributed by atoms with E-state index in [9.17, 15) is 14.7 Å². The Morgan fingerprint density at radius 2 is 1.81 bits per heavy atom. The third-order valence-electron chi connectivity index (χ3n) is 3.65. The number of ether oxygens (including phenoxy) is 1. The first kappa shape index (κ1) is 24.3. The van der Waals surface area contributed by atoms with Crippen molar-refractivity contribution in [2.75, 3.05) is 27.7 Å². The quantitative estimate of drug-likeness (QED) is 0.213. The first-order chi connectivity index (χ1) is 12.1. The molecule has 0 fully saturated rings. The van der Waals surface area contributed by atoms with Crippen molar-refractivity contribution < 1.29 is 29.0 Å². The molecule has 6 nitrogen and oxygen atoms in total. The number of hydrogen-bond acceptors (Lipinski definition) is 4. The number of aliphatic hydroxyl groups is 1. The summed E-state index contributed by atoms with van der Waals surface area (Å²) in [6.07, 6.45) is 10.6. The zero-order valence-corrected chi connectivity index (χ0v) is 16.7. The van der Waals surface area contributed by atoms with Crippen LogP contribution >= 0.6 is 0 Å². The molecule has 0 aliphatic carbocycles. The highest BCUT2D eigenvalue weighted by molar-refractivity contribution is 5.71. The molecule has 0 amide bonds. The van der Waals surface area contributed by atoms with Crippen molar-refractivity contribution in [2.24, 2.45) is 0 Å². The van der Waals surface area contributed by atoms with E-state index in [1.165, 1.54) is 12.8 Å². The maximum atomic E-state index is 11.9. The number of esters is 1. The molecule has 2 unspecified atom stereocenters. The number of carbonyl (C=O) groups excluding carboxylic acids is 1. The van der Waals surface area contributed by atoms with Crippen molar-refractivity contribution in [3.05, 3.63) is 24.3 Å². The molecule has 0 radical (unpaired) electrons. The molecule has 0 aromatic carbocycles. The standard InChI is InChI=1S/C20H35NO5/c1-5-6-7-8-9-10-11-12-17(22)13-14-20(25)26-18(15-19(23)24)16-21(2,3)4/h8-11,17-18,22H,5-7,12-16H2,1-4H3/p+1/b9-8+,11-10+. The number of likely N-dealkylation sites (N-methyl/N-ethyl adjacent to an activating group) is 1. The molecule has 0 rings (SSSR count). The minimum Gasteiger partial charge on any atom is -0.481 e. The van der Waals surface area contributed by atoms with Gasteiger partial charge in [-0.1, -0.05) is 44.1 Å². The number of allylic oxidation sites excluding steroid dienone is 3. The van der Waals surface area contributed by atoms with E-state index in [0.717, 1.165) is 6.42 Å². The molecule has 0 saturated heterocycles. The van der Waals surface area contributed by atoms with Gasteiger partial charge in [0, 0.05) is 6.42 Å². The normalized spacial score (nSPS) is 14.7. The van der Waals surface area contributed by atoms with Gasteiger partial charge in [-0.05, 0) is 19.3 Å². The molecule has 0 aliphatic heterocycles. The van der Waals surface area contributed by atoms with E-state index >= 15 is 0 Å². The molecule has 150 valence electrons. The van der Waals surface area contributed by atoms with Crippen molar-refractivity contribution in [1.29, 1.82) is 0 Å². The van der Waals surface area contributed by atoms with Gasteiger partial charge < -0.3 is 19.4 Å². The molecule has 0 spiro atoms. The Labute approximate surface area is 157 Å². The summed E-state index contributed by atoms with van der Waals surface area (Å²) in [5.41, 5.74) is 0. The average molecular weight is 371 g/mol. The lowest BCUT2D eigenvalue weighted by molar-refractivity contribution is -0.873. The van der Waals surface area contributed by atoms with Gasteiger partial charge in [-0.15, -0.1) is 0 Å². The molecule has 0 saturated carbocycles. The molecule has 0 aromatic rings. The highest BCUT2D eigenvalue weighted by atomic mass is 16.5. The lowest BCUT2D eigenvalue weighted by atomic mass is 10.1. The second-order valence-electron chi connectivity index (χ2n) is 7.61. The largest absolute Gasteiger partial charge is 0.481 e. The van der Waals surface area contributed by atoms with Gasteiger partial charge in [0.2, 0.25) is 0 Å². The summed E-state index contributed by atoms with van der Waals surface area (Å²) in [6, 6.07) is 0. The Morgan fingerprint density at radius 3 is 2.38 bits per heavy atom. The van der Waals surface area contributed by atoms with E-state index in [2.05, 4.69) is 13.0 Å². The van der Waals surface area contributed by atoms with E-state index in [1.54, 1.807) is 0 Å². The number of hydrogen-bond donors (Lipinski definition) is 2. The second kappa shape index (κ2) is 13.5. The van der Waals surface area contributed by atoms with Crippen molar-refractivity contribution in [1.82, 2.24) is 0 Å². The van der Waals surface area contributed by atoms with Gasteiger partial charge >= 0.3 is 11.9 Å². The predicted octanol–water partition coefficient (Wildman–Crippen LogP) is 2.91. The van der Waals surface area contributed by atoms with Crippen LogP contribution in [-0.4, -0.2) is 66.5 Å². The van der Waals surface area contributed by atoms with Crippen molar-refractivity contribution >= 4 is 11.9 Å². The number of aliphatic hydroxyl groups excluding tert-OH is 1. The molecule has 0 aliphatic rings. The summed E-state index contributed by atoms with van der Waals surface area (Å²) in [5.74, 6) is -1.46. The third kappa shape index (κ3) is 15.8. The molecular weight excluding hydrogens is 334 g/mol. The summed E-state index contributed by atoms with van der Waals surface area (Å²) in [6.45, 7) is 2.57. The van der Waals surface area contributed by atoms with Crippen LogP contribution in [0.3, 0.4) is 0 Å². The highest BCUT2D eigenvalue weighted by Crippen LogP contribution is 2.09. The van der Waals surface area contributed by atoms with E-state index in [1.807, 2.05) is 39.4 Å². The smallest absolute Gasteiger partial charge is 0.307 e. The van der Waals surface area contributed by atoms with Crippen molar-refractivity contribution in [3.63, 3.8) is 0 Å². The monoisotopic (exact) mass is 370 g/mol. The summed E-state index contributed by atoms with van der Waals surface area (Å²) < 4.78 is 5.80. The number of rotatable bonds is 14. The van der Waals surface area contributed by atoms with Crippen molar-refractivity contribution in [2.45, 2.75) is 64.1 Å². The number of aliphatic carboxylic acids is 1. The lowest BCUT2D eigenvalue weighted by Gasteiger charge is -2.28. The van der Waals surface area contributed by atoms with E-state index in [-0.39, 0.29) is 12.8 Å². The van der Waals surface area contributed by atoms with E-state index < -0.39 is 24.1 Å². The van der Waals surface area contributed by atoms with Gasteiger partial charge in [-0.25, -0.2) is 0 Å². The Balaban J connectivity index is 4.18. The first-order valence-corrected chi connectivity index (χ1v) is 9.35. The maximum absolute atomic E-state index is 11.9. The van der Waals surface area contributed by atoms with Gasteiger partial charge in [-0.2, -0.15) is 0 Å². The highest BCUT2D eigenvalue weighted by Gasteiger charge is 2.24. The van der Waals surface area contributed by atoms with Crippen LogP contribution in [0.4, 0.5) is 0 Å². The third-order valence-corrected chi connectivity index (χ3v) is 3.65. The fourth-order valence-electron chi connectivity index (χ4n) is 2.41. The van der Waals surface area contributed by atoms with E-state index in [0.29, 0.717) is 23.9 Å². The number of nitrogens with zero attached hydrogens (tertiary/aromatic N) is 1. The van der Waals surface area contributed by atoms with Crippen molar-refractivity contribution in [3.8, 4) is 0 Å². The molecule has 6 heteroatoms. The maximum Gasteiger partial charge on any atom is 0.307 e. The van der Waals surface area contributed by atoms with Gasteiger partial charge in [0.05, 0.1) is 33.7 Å². The zero-order valence-electron chi connectivity index (χ0n) is 16.7. The van der Waals surface area contributed by atoms with E-state index in [4.69, 9.17) is 9.84 Å². The lowest BCUT2D eigenvalue weighted by Crippen LogP contribution is -2.43. The topological polar surface area (TPSA) is 83.8 Å². The predicted molar refractivity (Wildman–Crippen MR) is 103 cm³/mol. The Morgan fingerprint density at radius 1 is 1.15 bits per heavy atom. The number of carbonyl (C=O) groups is 2. The van der Waals surface area contributed by atoms with Crippen LogP contribution in [0, 0.1) is 0 Å². The second-order valence-corrected chi connectivity index (χ2v) is 7.61. The van der Waals surface area contributed by atoms with Gasteiger partial charge in [0.15, 0.2) is 6.10 Å². The molecule has 0 aromatic heterocycles. The van der Waals surface area contributed by atoms with Gasteiger partial charge in [0.1, 0.15) is 6.54 Å². The van der Waals surface area contributed by atoms with Crippen LogP contribution < -0.4 is 0 Å². The Hall–Kier alpha value is -1.66. The SMILES string of the molecule is CCCC/C=C/C=C/CC(O)CCC(=O)OC(CC(=O)O)C[N+](C)(C)C. The Kier molecular flexibility index (Phi) is 12.7. The summed E-state index contributed by atoms with van der Waals surface area (Å²) in [7, 11) is 5.74. The minimum absolute atomic E-state index is 0.0780. The number of carboxylic acid groups (broad SMARTS) is 1. The number of quaternary nitrogens is 1. The van der Waals surface area contributed by atoms with Gasteiger partial charge in [-0.3, -0.25) is 9.59 Å². The van der Waals surface area contributed by atoms with Crippen LogP contribution in [0.1, 0.15) is 51.9 Å². The molecule has 2 atom stereocenters. The number of carboxylic acids is 1. The van der Waals surface area contributed by atoms with Crippen LogP contribution in [0.2, 0.25) is 0 Å². The first-order valence-electron chi connectivity index (χ1n) is 9.35. The molecule has 0 heterocycles. The fraction of sp³-hybridized carbons (Fsp3) is 0.700.